The minimum absolute atomic E-state index is 0.0569. The van der Waals surface area contributed by atoms with Crippen molar-refractivity contribution in [3.05, 3.63) is 70.3 Å². The zero-order valence-electron chi connectivity index (χ0n) is 12.3. The first kappa shape index (κ1) is 16.0. The van der Waals surface area contributed by atoms with Gasteiger partial charge in [-0.25, -0.2) is 8.78 Å². The van der Waals surface area contributed by atoms with Crippen LogP contribution in [0.5, 0.6) is 0 Å². The second-order valence-corrected chi connectivity index (χ2v) is 5.64. The normalized spacial score (nSPS) is 12.4. The summed E-state index contributed by atoms with van der Waals surface area (Å²) in [7, 11) is 0. The maximum Gasteiger partial charge on any atom is 0.129 e. The molecular formula is C18H19ClF2. The SMILES string of the molecule is CCc1ccc(CC)c(C(Cl)Cc2c(F)cccc2F)c1. The third-order valence-electron chi connectivity index (χ3n) is 3.78. The summed E-state index contributed by atoms with van der Waals surface area (Å²) in [6, 6.07) is 10.1. The second-order valence-electron chi connectivity index (χ2n) is 5.11. The van der Waals surface area contributed by atoms with Crippen molar-refractivity contribution in [1.82, 2.24) is 0 Å². The van der Waals surface area contributed by atoms with Crippen LogP contribution in [0.15, 0.2) is 36.4 Å². The Morgan fingerprint density at radius 2 is 1.67 bits per heavy atom. The summed E-state index contributed by atoms with van der Waals surface area (Å²) >= 11 is 6.46. The van der Waals surface area contributed by atoms with E-state index in [2.05, 4.69) is 32.0 Å². The Morgan fingerprint density at radius 1 is 1.00 bits per heavy atom. The lowest BCUT2D eigenvalue weighted by molar-refractivity contribution is 0.552. The van der Waals surface area contributed by atoms with Crippen molar-refractivity contribution < 1.29 is 8.78 Å². The second kappa shape index (κ2) is 7.04. The molecule has 2 aromatic rings. The van der Waals surface area contributed by atoms with Crippen molar-refractivity contribution in [2.24, 2.45) is 0 Å². The first-order valence-corrected chi connectivity index (χ1v) is 7.69. The van der Waals surface area contributed by atoms with Gasteiger partial charge in [-0.05, 0) is 48.1 Å². The van der Waals surface area contributed by atoms with Crippen molar-refractivity contribution in [2.45, 2.75) is 38.5 Å². The third-order valence-corrected chi connectivity index (χ3v) is 4.17. The number of aryl methyl sites for hydroxylation is 2. The quantitative estimate of drug-likeness (QED) is 0.630. The summed E-state index contributed by atoms with van der Waals surface area (Å²) < 4.78 is 27.5. The Hall–Kier alpha value is -1.41. The van der Waals surface area contributed by atoms with Gasteiger partial charge < -0.3 is 0 Å². The fraction of sp³-hybridized carbons (Fsp3) is 0.333. The van der Waals surface area contributed by atoms with Gasteiger partial charge in [-0.15, -0.1) is 11.6 Å². The maximum atomic E-state index is 13.8. The summed E-state index contributed by atoms with van der Waals surface area (Å²) in [4.78, 5) is 0. The Balaban J connectivity index is 2.33. The van der Waals surface area contributed by atoms with Crippen LogP contribution in [-0.2, 0) is 19.3 Å². The summed E-state index contributed by atoms with van der Waals surface area (Å²) in [6.45, 7) is 4.13. The molecule has 0 aliphatic heterocycles. The smallest absolute Gasteiger partial charge is 0.129 e. The van der Waals surface area contributed by atoms with Gasteiger partial charge in [0.1, 0.15) is 11.6 Å². The molecule has 0 bridgehead atoms. The van der Waals surface area contributed by atoms with Crippen LogP contribution in [0.2, 0.25) is 0 Å². The molecule has 21 heavy (non-hydrogen) atoms. The van der Waals surface area contributed by atoms with Crippen molar-refractivity contribution in [3.63, 3.8) is 0 Å². The van der Waals surface area contributed by atoms with Crippen LogP contribution in [-0.4, -0.2) is 0 Å². The van der Waals surface area contributed by atoms with E-state index < -0.39 is 17.0 Å². The van der Waals surface area contributed by atoms with Crippen molar-refractivity contribution >= 4 is 11.6 Å². The Morgan fingerprint density at radius 3 is 2.24 bits per heavy atom. The molecule has 2 aromatic carbocycles. The molecule has 1 atom stereocenters. The van der Waals surface area contributed by atoms with Gasteiger partial charge in [-0.2, -0.15) is 0 Å². The highest BCUT2D eigenvalue weighted by Crippen LogP contribution is 2.31. The van der Waals surface area contributed by atoms with Gasteiger partial charge in [0.05, 0.1) is 5.38 Å². The van der Waals surface area contributed by atoms with E-state index in [1.165, 1.54) is 23.8 Å². The Labute approximate surface area is 129 Å². The van der Waals surface area contributed by atoms with E-state index in [9.17, 15) is 8.78 Å². The number of hydrogen-bond donors (Lipinski definition) is 0. The molecular weight excluding hydrogens is 290 g/mol. The standard InChI is InChI=1S/C18H19ClF2/c1-3-12-8-9-13(4-2)14(10-12)16(19)11-15-17(20)6-5-7-18(15)21/h5-10,16H,3-4,11H2,1-2H3. The predicted octanol–water partition coefficient (Wildman–Crippen LogP) is 5.61. The van der Waals surface area contributed by atoms with Crippen LogP contribution in [0.4, 0.5) is 8.78 Å². The van der Waals surface area contributed by atoms with Gasteiger partial charge in [0.15, 0.2) is 0 Å². The molecule has 0 aliphatic rings. The number of hydrogen-bond acceptors (Lipinski definition) is 0. The molecule has 112 valence electrons. The number of alkyl halides is 1. The van der Waals surface area contributed by atoms with Crippen LogP contribution < -0.4 is 0 Å². The molecule has 0 radical (unpaired) electrons. The highest BCUT2D eigenvalue weighted by molar-refractivity contribution is 6.21. The van der Waals surface area contributed by atoms with E-state index in [0.717, 1.165) is 24.0 Å². The van der Waals surface area contributed by atoms with E-state index in [4.69, 9.17) is 11.6 Å². The predicted molar refractivity (Wildman–Crippen MR) is 83.9 cm³/mol. The van der Waals surface area contributed by atoms with Crippen LogP contribution in [0.3, 0.4) is 0 Å². The lowest BCUT2D eigenvalue weighted by atomic mass is 9.95. The minimum Gasteiger partial charge on any atom is -0.207 e. The molecule has 0 saturated heterocycles. The number of halogens is 3. The molecule has 1 unspecified atom stereocenters. The highest BCUT2D eigenvalue weighted by atomic mass is 35.5. The first-order valence-electron chi connectivity index (χ1n) is 7.25. The number of benzene rings is 2. The fourth-order valence-corrected chi connectivity index (χ4v) is 2.85. The van der Waals surface area contributed by atoms with Crippen molar-refractivity contribution in [2.75, 3.05) is 0 Å². The fourth-order valence-electron chi connectivity index (χ4n) is 2.49. The lowest BCUT2D eigenvalue weighted by Gasteiger charge is -2.16. The summed E-state index contributed by atoms with van der Waals surface area (Å²) in [6.07, 6.45) is 1.91. The summed E-state index contributed by atoms with van der Waals surface area (Å²) in [5, 5.41) is -0.433. The monoisotopic (exact) mass is 308 g/mol. The topological polar surface area (TPSA) is 0 Å². The van der Waals surface area contributed by atoms with Crippen molar-refractivity contribution in [1.29, 1.82) is 0 Å². The Bertz CT molecular complexity index is 602. The molecule has 0 heterocycles. The van der Waals surface area contributed by atoms with Gasteiger partial charge in [0.2, 0.25) is 0 Å². The molecule has 0 saturated carbocycles. The first-order chi connectivity index (χ1) is 10.1. The van der Waals surface area contributed by atoms with E-state index in [-0.39, 0.29) is 12.0 Å². The molecule has 3 heteroatoms. The molecule has 0 amide bonds. The number of rotatable bonds is 5. The minimum atomic E-state index is -0.537. The molecule has 0 aromatic heterocycles. The average Bonchev–Trinajstić information content (AvgIpc) is 2.50. The van der Waals surface area contributed by atoms with Gasteiger partial charge in [-0.1, -0.05) is 38.1 Å². The van der Waals surface area contributed by atoms with Crippen LogP contribution in [0, 0.1) is 11.6 Å². The molecule has 0 nitrogen and oxygen atoms in total. The highest BCUT2D eigenvalue weighted by Gasteiger charge is 2.18. The Kier molecular flexibility index (Phi) is 5.35. The molecule has 0 aliphatic carbocycles. The van der Waals surface area contributed by atoms with Crippen LogP contribution in [0.25, 0.3) is 0 Å². The maximum absolute atomic E-state index is 13.8. The van der Waals surface area contributed by atoms with E-state index in [0.29, 0.717) is 0 Å². The van der Waals surface area contributed by atoms with E-state index in [1.807, 2.05) is 0 Å². The summed E-state index contributed by atoms with van der Waals surface area (Å²) in [5.41, 5.74) is 3.34. The summed E-state index contributed by atoms with van der Waals surface area (Å²) in [5.74, 6) is -1.07. The van der Waals surface area contributed by atoms with Gasteiger partial charge in [-0.3, -0.25) is 0 Å². The zero-order valence-corrected chi connectivity index (χ0v) is 13.1. The molecule has 0 fully saturated rings. The van der Waals surface area contributed by atoms with E-state index >= 15 is 0 Å². The average molecular weight is 309 g/mol. The largest absolute Gasteiger partial charge is 0.207 e. The van der Waals surface area contributed by atoms with Gasteiger partial charge >= 0.3 is 0 Å². The third kappa shape index (κ3) is 3.62. The van der Waals surface area contributed by atoms with Crippen LogP contribution >= 0.6 is 11.6 Å². The zero-order chi connectivity index (χ0) is 15.4. The molecule has 0 spiro atoms. The molecule has 2 rings (SSSR count). The van der Waals surface area contributed by atoms with Gasteiger partial charge in [0.25, 0.3) is 0 Å². The van der Waals surface area contributed by atoms with E-state index in [1.54, 1.807) is 0 Å². The lowest BCUT2D eigenvalue weighted by Crippen LogP contribution is -2.05. The van der Waals surface area contributed by atoms with Gasteiger partial charge in [0, 0.05) is 5.56 Å². The van der Waals surface area contributed by atoms with Crippen molar-refractivity contribution in [3.8, 4) is 0 Å². The van der Waals surface area contributed by atoms with Crippen LogP contribution in [0.1, 0.15) is 41.5 Å². The molecule has 0 N–H and O–H groups in total.